The van der Waals surface area contributed by atoms with Crippen molar-refractivity contribution in [2.45, 2.75) is 38.7 Å². The van der Waals surface area contributed by atoms with Gasteiger partial charge in [0.25, 0.3) is 0 Å². The van der Waals surface area contributed by atoms with E-state index in [0.717, 1.165) is 19.3 Å². The Bertz CT molecular complexity index is 200. The lowest BCUT2D eigenvalue weighted by Gasteiger charge is -2.46. The van der Waals surface area contributed by atoms with Crippen LogP contribution < -0.4 is 0 Å². The number of carbonyl (C=O) groups is 1. The van der Waals surface area contributed by atoms with Crippen LogP contribution >= 0.6 is 0 Å². The second kappa shape index (κ2) is 2.07. The molecular weight excluding hydrogens is 140 g/mol. The molecular formula is C9H14O2. The summed E-state index contributed by atoms with van der Waals surface area (Å²) in [6.07, 6.45) is 3.25. The van der Waals surface area contributed by atoms with Gasteiger partial charge in [0, 0.05) is 6.42 Å². The van der Waals surface area contributed by atoms with E-state index >= 15 is 0 Å². The van der Waals surface area contributed by atoms with Crippen molar-refractivity contribution in [1.29, 1.82) is 0 Å². The van der Waals surface area contributed by atoms with Gasteiger partial charge in [-0.25, -0.2) is 0 Å². The molecule has 0 spiro atoms. The van der Waals surface area contributed by atoms with Gasteiger partial charge < -0.3 is 5.11 Å². The van der Waals surface area contributed by atoms with Gasteiger partial charge in [-0.15, -0.1) is 0 Å². The highest BCUT2D eigenvalue weighted by atomic mass is 16.3. The second-order valence-corrected chi connectivity index (χ2v) is 4.20. The summed E-state index contributed by atoms with van der Waals surface area (Å²) in [6.45, 7) is 1.91. The Hall–Kier alpha value is -0.370. The van der Waals surface area contributed by atoms with Crippen LogP contribution in [0.25, 0.3) is 0 Å². The summed E-state index contributed by atoms with van der Waals surface area (Å²) in [6, 6.07) is 0. The summed E-state index contributed by atoms with van der Waals surface area (Å²) in [5, 5.41) is 9.61. The molecule has 3 rings (SSSR count). The van der Waals surface area contributed by atoms with Crippen molar-refractivity contribution in [3.05, 3.63) is 0 Å². The molecule has 3 fully saturated rings. The molecule has 1 N–H and O–H groups in total. The van der Waals surface area contributed by atoms with Gasteiger partial charge in [-0.2, -0.15) is 0 Å². The first-order valence-corrected chi connectivity index (χ1v) is 4.34. The van der Waals surface area contributed by atoms with Gasteiger partial charge in [0.2, 0.25) is 0 Å². The second-order valence-electron chi connectivity index (χ2n) is 4.20. The lowest BCUT2D eigenvalue weighted by atomic mass is 9.59. The van der Waals surface area contributed by atoms with E-state index in [2.05, 4.69) is 0 Å². The number of hydrogen-bond acceptors (Lipinski definition) is 2. The molecule has 11 heavy (non-hydrogen) atoms. The fraction of sp³-hybridized carbons (Fsp3) is 0.889. The van der Waals surface area contributed by atoms with Crippen LogP contribution in [0, 0.1) is 11.3 Å². The SMILES string of the molecule is C[C@@]12CC[C@@H](CC1=O)C[C@H]2O. The quantitative estimate of drug-likeness (QED) is 0.568. The number of fused-ring (bicyclic) bond motifs is 3. The van der Waals surface area contributed by atoms with Gasteiger partial charge in [0.05, 0.1) is 11.5 Å². The summed E-state index contributed by atoms with van der Waals surface area (Å²) in [7, 11) is 0. The molecule has 3 atom stereocenters. The lowest BCUT2D eigenvalue weighted by Crippen LogP contribution is -2.50. The molecule has 0 radical (unpaired) electrons. The van der Waals surface area contributed by atoms with Gasteiger partial charge in [-0.05, 0) is 25.2 Å². The molecule has 3 aliphatic rings. The normalized spacial score (nSPS) is 49.8. The monoisotopic (exact) mass is 154 g/mol. The molecule has 0 amide bonds. The van der Waals surface area contributed by atoms with Gasteiger partial charge in [0.1, 0.15) is 5.78 Å². The predicted molar refractivity (Wildman–Crippen MR) is 41.1 cm³/mol. The van der Waals surface area contributed by atoms with E-state index in [1.807, 2.05) is 6.92 Å². The average Bonchev–Trinajstić information content (AvgIpc) is 1.94. The summed E-state index contributed by atoms with van der Waals surface area (Å²) in [5.74, 6) is 0.770. The summed E-state index contributed by atoms with van der Waals surface area (Å²) in [4.78, 5) is 11.4. The first-order valence-electron chi connectivity index (χ1n) is 4.34. The first kappa shape index (κ1) is 7.29. The number of hydrogen-bond donors (Lipinski definition) is 1. The number of rotatable bonds is 0. The minimum absolute atomic E-state index is 0.285. The molecule has 2 heteroatoms. The van der Waals surface area contributed by atoms with E-state index in [1.54, 1.807) is 0 Å². The van der Waals surface area contributed by atoms with E-state index in [-0.39, 0.29) is 17.3 Å². The topological polar surface area (TPSA) is 37.3 Å². The Morgan fingerprint density at radius 1 is 1.64 bits per heavy atom. The largest absolute Gasteiger partial charge is 0.392 e. The molecule has 62 valence electrons. The maximum Gasteiger partial charge on any atom is 0.141 e. The van der Waals surface area contributed by atoms with Crippen molar-refractivity contribution in [1.82, 2.24) is 0 Å². The fourth-order valence-electron chi connectivity index (χ4n) is 2.37. The van der Waals surface area contributed by atoms with Crippen molar-refractivity contribution in [3.8, 4) is 0 Å². The summed E-state index contributed by atoms with van der Waals surface area (Å²) in [5.41, 5.74) is -0.380. The van der Waals surface area contributed by atoms with Crippen LogP contribution in [0.4, 0.5) is 0 Å². The highest BCUT2D eigenvalue weighted by Crippen LogP contribution is 2.47. The Kier molecular flexibility index (Phi) is 1.37. The predicted octanol–water partition coefficient (Wildman–Crippen LogP) is 1.13. The molecule has 0 saturated heterocycles. The number of carbonyl (C=O) groups excluding carboxylic acids is 1. The van der Waals surface area contributed by atoms with Crippen LogP contribution in [0.2, 0.25) is 0 Å². The van der Waals surface area contributed by atoms with E-state index in [0.29, 0.717) is 12.3 Å². The number of aliphatic hydroxyl groups excluding tert-OH is 1. The standard InChI is InChI=1S/C9H14O2/c1-9-3-2-6(4-7(9)10)5-8(9)11/h6-7,10H,2-5H2,1H3/t6-,7-,9+/m1/s1. The van der Waals surface area contributed by atoms with E-state index in [9.17, 15) is 9.90 Å². The minimum atomic E-state index is -0.380. The molecule has 0 heterocycles. The maximum atomic E-state index is 11.4. The molecule has 0 aromatic carbocycles. The van der Waals surface area contributed by atoms with Crippen molar-refractivity contribution in [2.75, 3.05) is 0 Å². The zero-order valence-corrected chi connectivity index (χ0v) is 6.84. The van der Waals surface area contributed by atoms with Crippen molar-refractivity contribution in [3.63, 3.8) is 0 Å². The molecule has 0 aromatic rings. The number of ketones is 1. The van der Waals surface area contributed by atoms with E-state index in [1.165, 1.54) is 0 Å². The van der Waals surface area contributed by atoms with Crippen molar-refractivity contribution in [2.24, 2.45) is 11.3 Å². The Balaban J connectivity index is 2.30. The van der Waals surface area contributed by atoms with Crippen LogP contribution in [0.15, 0.2) is 0 Å². The fourth-order valence-corrected chi connectivity index (χ4v) is 2.37. The smallest absolute Gasteiger partial charge is 0.141 e. The van der Waals surface area contributed by atoms with E-state index in [4.69, 9.17) is 0 Å². The lowest BCUT2D eigenvalue weighted by molar-refractivity contribution is -0.149. The molecule has 0 aliphatic heterocycles. The van der Waals surface area contributed by atoms with Gasteiger partial charge in [0.15, 0.2) is 0 Å². The highest BCUT2D eigenvalue weighted by molar-refractivity contribution is 5.86. The first-order chi connectivity index (χ1) is 5.13. The maximum absolute atomic E-state index is 11.4. The molecule has 2 nitrogen and oxygen atoms in total. The van der Waals surface area contributed by atoms with Crippen molar-refractivity contribution < 1.29 is 9.90 Å². The number of Topliss-reactive ketones (excluding diaryl/α,β-unsaturated/α-hetero) is 1. The van der Waals surface area contributed by atoms with Gasteiger partial charge in [-0.3, -0.25) is 4.79 Å². The summed E-state index contributed by atoms with van der Waals surface area (Å²) < 4.78 is 0. The van der Waals surface area contributed by atoms with Gasteiger partial charge >= 0.3 is 0 Å². The van der Waals surface area contributed by atoms with Crippen LogP contribution in [0.3, 0.4) is 0 Å². The van der Waals surface area contributed by atoms with Crippen molar-refractivity contribution >= 4 is 5.78 Å². The third kappa shape index (κ3) is 0.853. The Morgan fingerprint density at radius 3 is 2.82 bits per heavy atom. The summed E-state index contributed by atoms with van der Waals surface area (Å²) >= 11 is 0. The molecule has 3 saturated carbocycles. The minimum Gasteiger partial charge on any atom is -0.392 e. The highest BCUT2D eigenvalue weighted by Gasteiger charge is 2.49. The molecule has 3 aliphatic carbocycles. The van der Waals surface area contributed by atoms with Crippen LogP contribution in [-0.4, -0.2) is 17.0 Å². The zero-order valence-electron chi connectivity index (χ0n) is 6.84. The molecule has 0 aromatic heterocycles. The Labute approximate surface area is 66.6 Å². The van der Waals surface area contributed by atoms with Crippen LogP contribution in [0.1, 0.15) is 32.6 Å². The molecule has 0 unspecified atom stereocenters. The third-order valence-corrected chi connectivity index (χ3v) is 3.48. The average molecular weight is 154 g/mol. The van der Waals surface area contributed by atoms with Gasteiger partial charge in [-0.1, -0.05) is 6.92 Å². The van der Waals surface area contributed by atoms with Crippen LogP contribution in [-0.2, 0) is 4.79 Å². The zero-order chi connectivity index (χ0) is 8.06. The molecule has 2 bridgehead atoms. The third-order valence-electron chi connectivity index (χ3n) is 3.48. The van der Waals surface area contributed by atoms with E-state index < -0.39 is 0 Å². The number of aliphatic hydroxyl groups is 1. The van der Waals surface area contributed by atoms with Crippen LogP contribution in [0.5, 0.6) is 0 Å². The Morgan fingerprint density at radius 2 is 2.36 bits per heavy atom.